The number of H-pyrrole nitrogens is 1. The minimum absolute atomic E-state index is 0.117. The number of nitrogens with one attached hydrogen (secondary N) is 2. The predicted octanol–water partition coefficient (Wildman–Crippen LogP) is 3.12. The van der Waals surface area contributed by atoms with Gasteiger partial charge in [0.1, 0.15) is 16.2 Å². The van der Waals surface area contributed by atoms with Gasteiger partial charge in [-0.25, -0.2) is 9.97 Å². The molecule has 5 rings (SSSR count). The molecule has 0 atom stereocenters. The number of pyridine rings is 2. The first-order chi connectivity index (χ1) is 17.1. The van der Waals surface area contributed by atoms with Crippen LogP contribution in [0.4, 0.5) is 5.82 Å². The van der Waals surface area contributed by atoms with Gasteiger partial charge >= 0.3 is 0 Å². The van der Waals surface area contributed by atoms with Crippen LogP contribution in [0.1, 0.15) is 33.5 Å². The topological polar surface area (TPSA) is 105 Å². The fraction of sp³-hybridized carbons (Fsp3) is 0.280. The van der Waals surface area contributed by atoms with Crippen LogP contribution in [0, 0.1) is 0 Å². The molecule has 180 valence electrons. The zero-order valence-electron chi connectivity index (χ0n) is 19.4. The first-order valence-electron chi connectivity index (χ1n) is 11.5. The molecular weight excluding hydrogens is 464 g/mol. The highest BCUT2D eigenvalue weighted by molar-refractivity contribution is 7.19. The second-order valence-electron chi connectivity index (χ2n) is 8.12. The zero-order valence-corrected chi connectivity index (χ0v) is 20.2. The number of amides is 1. The largest absolute Gasteiger partial charge is 0.378 e. The molecule has 5 heterocycles. The van der Waals surface area contributed by atoms with Crippen LogP contribution >= 0.6 is 11.3 Å². The molecule has 0 radical (unpaired) electrons. The lowest BCUT2D eigenvalue weighted by Crippen LogP contribution is -2.37. The molecule has 0 spiro atoms. The van der Waals surface area contributed by atoms with Gasteiger partial charge in [0.2, 0.25) is 5.43 Å². The van der Waals surface area contributed by atoms with Crippen LogP contribution < -0.4 is 15.6 Å². The van der Waals surface area contributed by atoms with Crippen molar-refractivity contribution in [3.63, 3.8) is 0 Å². The maximum absolute atomic E-state index is 13.6. The summed E-state index contributed by atoms with van der Waals surface area (Å²) in [6, 6.07) is 3.62. The Balaban J connectivity index is 1.66. The number of hydrogen-bond acceptors (Lipinski definition) is 7. The van der Waals surface area contributed by atoms with E-state index >= 15 is 0 Å². The van der Waals surface area contributed by atoms with Gasteiger partial charge in [0.15, 0.2) is 5.65 Å². The van der Waals surface area contributed by atoms with Crippen LogP contribution in [0.3, 0.4) is 0 Å². The molecule has 0 bridgehead atoms. The first kappa shape index (κ1) is 23.0. The standard InChI is InChI=1S/C25H26N6O3S/c1-3-5-18-19(4-2)35-25-21(24(33)27-9-8-16-14-26-15-28-16)22(32)17-6-7-20(29-23(17)31(18)25)30-10-12-34-13-11-30/h3-7,14-15H,2,8-13H2,1H3,(H,26,28)(H,27,33)/b5-3-. The summed E-state index contributed by atoms with van der Waals surface area (Å²) in [4.78, 5) is 42.4. The van der Waals surface area contributed by atoms with E-state index < -0.39 is 5.91 Å². The lowest BCUT2D eigenvalue weighted by molar-refractivity contribution is 0.0954. The maximum atomic E-state index is 13.6. The van der Waals surface area contributed by atoms with E-state index in [1.54, 1.807) is 24.7 Å². The Hall–Kier alpha value is -3.76. The SMILES string of the molecule is C=Cc1sc2c(C(=O)NCCc3cnc[nH]3)c(=O)c3ccc(N4CCOCC4)nc3n2c1/C=C\C. The number of thiazole rings is 1. The Kier molecular flexibility index (Phi) is 6.47. The van der Waals surface area contributed by atoms with E-state index in [0.29, 0.717) is 42.0 Å². The fourth-order valence-electron chi connectivity index (χ4n) is 4.26. The van der Waals surface area contributed by atoms with Crippen molar-refractivity contribution in [3.05, 3.63) is 69.4 Å². The Morgan fingerprint density at radius 2 is 2.17 bits per heavy atom. The third-order valence-electron chi connectivity index (χ3n) is 5.97. The van der Waals surface area contributed by atoms with Crippen molar-refractivity contribution >= 4 is 51.1 Å². The summed E-state index contributed by atoms with van der Waals surface area (Å²) in [6.45, 7) is 8.99. The van der Waals surface area contributed by atoms with Crippen molar-refractivity contribution in [1.29, 1.82) is 0 Å². The predicted molar refractivity (Wildman–Crippen MR) is 139 cm³/mol. The number of aromatic nitrogens is 4. The van der Waals surface area contributed by atoms with Crippen molar-refractivity contribution in [2.75, 3.05) is 37.7 Å². The molecule has 0 aromatic carbocycles. The number of hydrogen-bond donors (Lipinski definition) is 2. The summed E-state index contributed by atoms with van der Waals surface area (Å²) in [5.41, 5.74) is 2.06. The van der Waals surface area contributed by atoms with Gasteiger partial charge in [0.05, 0.1) is 35.5 Å². The first-order valence-corrected chi connectivity index (χ1v) is 12.3. The summed E-state index contributed by atoms with van der Waals surface area (Å²) in [7, 11) is 0. The van der Waals surface area contributed by atoms with E-state index in [1.165, 1.54) is 11.3 Å². The summed E-state index contributed by atoms with van der Waals surface area (Å²) < 4.78 is 7.38. The molecule has 0 saturated carbocycles. The number of imidazole rings is 1. The Bertz CT molecular complexity index is 1480. The van der Waals surface area contributed by atoms with Crippen molar-refractivity contribution in [2.24, 2.45) is 0 Å². The molecule has 1 amide bonds. The Morgan fingerprint density at radius 1 is 1.34 bits per heavy atom. The number of fused-ring (bicyclic) bond motifs is 3. The van der Waals surface area contributed by atoms with E-state index in [1.807, 2.05) is 29.5 Å². The van der Waals surface area contributed by atoms with Crippen molar-refractivity contribution in [1.82, 2.24) is 24.7 Å². The molecule has 9 nitrogen and oxygen atoms in total. The summed E-state index contributed by atoms with van der Waals surface area (Å²) >= 11 is 1.36. The molecule has 1 saturated heterocycles. The average Bonchev–Trinajstić information content (AvgIpc) is 3.53. The molecule has 4 aromatic rings. The lowest BCUT2D eigenvalue weighted by Gasteiger charge is -2.28. The van der Waals surface area contributed by atoms with Gasteiger partial charge in [-0.05, 0) is 31.2 Å². The van der Waals surface area contributed by atoms with Crippen molar-refractivity contribution in [3.8, 4) is 0 Å². The minimum Gasteiger partial charge on any atom is -0.378 e. The van der Waals surface area contributed by atoms with Gasteiger partial charge < -0.3 is 19.9 Å². The maximum Gasteiger partial charge on any atom is 0.258 e. The Labute approximate surface area is 205 Å². The van der Waals surface area contributed by atoms with E-state index in [2.05, 4.69) is 26.8 Å². The number of aromatic amines is 1. The van der Waals surface area contributed by atoms with E-state index in [9.17, 15) is 9.59 Å². The van der Waals surface area contributed by atoms with E-state index in [4.69, 9.17) is 9.72 Å². The van der Waals surface area contributed by atoms with Gasteiger partial charge in [-0.15, -0.1) is 11.3 Å². The van der Waals surface area contributed by atoms with Crippen LogP contribution in [0.2, 0.25) is 0 Å². The Morgan fingerprint density at radius 3 is 2.89 bits per heavy atom. The lowest BCUT2D eigenvalue weighted by atomic mass is 10.1. The molecule has 4 aromatic heterocycles. The molecule has 1 aliphatic heterocycles. The molecule has 0 unspecified atom stereocenters. The normalized spacial score (nSPS) is 14.3. The third-order valence-corrected chi connectivity index (χ3v) is 7.14. The number of nitrogens with zero attached hydrogens (tertiary/aromatic N) is 4. The molecule has 10 heteroatoms. The van der Waals surface area contributed by atoms with Gasteiger partial charge in [0, 0.05) is 37.9 Å². The minimum atomic E-state index is -0.407. The molecule has 1 fully saturated rings. The van der Waals surface area contributed by atoms with Crippen molar-refractivity contribution < 1.29 is 9.53 Å². The fourth-order valence-corrected chi connectivity index (χ4v) is 5.38. The molecule has 35 heavy (non-hydrogen) atoms. The third kappa shape index (κ3) is 4.26. The van der Waals surface area contributed by atoms with E-state index in [0.717, 1.165) is 35.2 Å². The number of ether oxygens (including phenoxy) is 1. The zero-order chi connectivity index (χ0) is 24.4. The number of allylic oxidation sites excluding steroid dienone is 1. The van der Waals surface area contributed by atoms with Crippen molar-refractivity contribution in [2.45, 2.75) is 13.3 Å². The highest BCUT2D eigenvalue weighted by atomic mass is 32.1. The molecule has 1 aliphatic rings. The van der Waals surface area contributed by atoms with Crippen LogP contribution in [-0.4, -0.2) is 58.1 Å². The number of rotatable bonds is 7. The summed E-state index contributed by atoms with van der Waals surface area (Å²) in [6.07, 6.45) is 9.52. The monoisotopic (exact) mass is 490 g/mol. The van der Waals surface area contributed by atoms with Gasteiger partial charge in [-0.3, -0.25) is 14.0 Å². The van der Waals surface area contributed by atoms with Gasteiger partial charge in [0.25, 0.3) is 5.91 Å². The molecule has 0 aliphatic carbocycles. The number of anilines is 1. The smallest absolute Gasteiger partial charge is 0.258 e. The summed E-state index contributed by atoms with van der Waals surface area (Å²) in [5.74, 6) is 0.374. The number of morpholine rings is 1. The summed E-state index contributed by atoms with van der Waals surface area (Å²) in [5, 5.41) is 3.30. The van der Waals surface area contributed by atoms with Crippen LogP contribution in [0.15, 0.2) is 42.1 Å². The molecular formula is C25H26N6O3S. The number of carbonyl (C=O) groups is 1. The van der Waals surface area contributed by atoms with Crippen LogP contribution in [0.5, 0.6) is 0 Å². The quantitative estimate of drug-likeness (QED) is 0.413. The average molecular weight is 491 g/mol. The van der Waals surface area contributed by atoms with Gasteiger partial charge in [-0.1, -0.05) is 12.7 Å². The second kappa shape index (κ2) is 9.85. The highest BCUT2D eigenvalue weighted by Crippen LogP contribution is 2.31. The number of carbonyl (C=O) groups excluding carboxylic acids is 1. The second-order valence-corrected chi connectivity index (χ2v) is 9.15. The van der Waals surface area contributed by atoms with Crippen LogP contribution in [0.25, 0.3) is 28.0 Å². The van der Waals surface area contributed by atoms with E-state index in [-0.39, 0.29) is 11.0 Å². The highest BCUT2D eigenvalue weighted by Gasteiger charge is 2.24. The molecule has 2 N–H and O–H groups in total. The van der Waals surface area contributed by atoms with Crippen LogP contribution in [-0.2, 0) is 11.2 Å². The van der Waals surface area contributed by atoms with Gasteiger partial charge in [-0.2, -0.15) is 0 Å².